The maximum Gasteiger partial charge on any atom is 0.163 e. The molecule has 1 heterocycles. The van der Waals surface area contributed by atoms with Gasteiger partial charge in [0.15, 0.2) is 5.79 Å². The molecule has 2 atom stereocenters. The van der Waals surface area contributed by atoms with E-state index >= 15 is 0 Å². The number of hydrogen-bond acceptors (Lipinski definition) is 5. The first kappa shape index (κ1) is 27.4. The van der Waals surface area contributed by atoms with Gasteiger partial charge in [-0.3, -0.25) is 0 Å². The molecule has 1 rings (SSSR count). The van der Waals surface area contributed by atoms with Gasteiger partial charge in [0.25, 0.3) is 0 Å². The van der Waals surface area contributed by atoms with Gasteiger partial charge in [-0.15, -0.1) is 6.58 Å². The Hall–Kier alpha value is -0.460. The van der Waals surface area contributed by atoms with Crippen LogP contribution in [0.3, 0.4) is 0 Å². The van der Waals surface area contributed by atoms with Crippen molar-refractivity contribution in [3.63, 3.8) is 0 Å². The predicted molar refractivity (Wildman–Crippen MR) is 96.8 cm³/mol. The first-order valence-electron chi connectivity index (χ1n) is 8.80. The Morgan fingerprint density at radius 1 is 1.13 bits per heavy atom. The van der Waals surface area contributed by atoms with Crippen molar-refractivity contribution >= 4 is 0 Å². The molecule has 0 aromatic heterocycles. The molecule has 0 aromatic rings. The van der Waals surface area contributed by atoms with E-state index in [1.165, 1.54) is 0 Å². The third-order valence-corrected chi connectivity index (χ3v) is 2.23. The van der Waals surface area contributed by atoms with Crippen molar-refractivity contribution in [1.82, 2.24) is 0 Å². The monoisotopic (exact) mass is 336 g/mol. The van der Waals surface area contributed by atoms with E-state index in [0.29, 0.717) is 19.8 Å². The van der Waals surface area contributed by atoms with Gasteiger partial charge < -0.3 is 24.1 Å². The van der Waals surface area contributed by atoms with Crippen LogP contribution in [0.1, 0.15) is 55.4 Å². The topological polar surface area (TPSA) is 57.2 Å². The molecule has 2 unspecified atom stereocenters. The van der Waals surface area contributed by atoms with Crippen molar-refractivity contribution in [3.8, 4) is 0 Å². The smallest absolute Gasteiger partial charge is 0.163 e. The summed E-state index contributed by atoms with van der Waals surface area (Å²) in [6.07, 6.45) is 0.955. The van der Waals surface area contributed by atoms with Crippen LogP contribution in [0.25, 0.3) is 0 Å². The maximum absolute atomic E-state index is 9.50. The summed E-state index contributed by atoms with van der Waals surface area (Å²) in [5.74, 6) is -0.528. The molecule has 0 amide bonds. The van der Waals surface area contributed by atoms with E-state index in [1.54, 1.807) is 6.08 Å². The van der Waals surface area contributed by atoms with Crippen LogP contribution in [0.4, 0.5) is 0 Å². The van der Waals surface area contributed by atoms with E-state index in [2.05, 4.69) is 6.58 Å². The van der Waals surface area contributed by atoms with Crippen LogP contribution in [0.2, 0.25) is 0 Å². The Morgan fingerprint density at radius 2 is 1.65 bits per heavy atom. The van der Waals surface area contributed by atoms with Gasteiger partial charge in [0, 0.05) is 0 Å². The molecule has 0 aliphatic carbocycles. The van der Waals surface area contributed by atoms with E-state index in [4.69, 9.17) is 18.9 Å². The van der Waals surface area contributed by atoms with Crippen LogP contribution in [0, 0.1) is 0 Å². The standard InChI is InChI=1S/C12H22O5.3C2H6/c1-4-5-14-6-10(13)7-15-8-11-9-16-12(2,3)17-11;3*1-2/h4,10-11,13H,1,5-9H2,2-3H3;3*1-2H3. The van der Waals surface area contributed by atoms with Gasteiger partial charge in [-0.1, -0.05) is 47.6 Å². The van der Waals surface area contributed by atoms with Gasteiger partial charge in [0.1, 0.15) is 12.2 Å². The van der Waals surface area contributed by atoms with Crippen LogP contribution in [-0.4, -0.2) is 56.1 Å². The summed E-state index contributed by atoms with van der Waals surface area (Å²) in [7, 11) is 0. The Kier molecular flexibility index (Phi) is 23.3. The average Bonchev–Trinajstić information content (AvgIpc) is 2.92. The fourth-order valence-electron chi connectivity index (χ4n) is 1.52. The molecule has 0 saturated carbocycles. The lowest BCUT2D eigenvalue weighted by Crippen LogP contribution is -2.27. The highest BCUT2D eigenvalue weighted by molar-refractivity contribution is 4.70. The first-order chi connectivity index (χ1) is 11.0. The lowest BCUT2D eigenvalue weighted by atomic mass is 10.4. The van der Waals surface area contributed by atoms with Crippen molar-refractivity contribution in [3.05, 3.63) is 12.7 Å². The molecule has 142 valence electrons. The molecule has 23 heavy (non-hydrogen) atoms. The second kappa shape index (κ2) is 19.6. The third kappa shape index (κ3) is 17.7. The Balaban J connectivity index is -0.000000595. The van der Waals surface area contributed by atoms with E-state index in [-0.39, 0.29) is 19.3 Å². The second-order valence-electron chi connectivity index (χ2n) is 4.47. The zero-order valence-corrected chi connectivity index (χ0v) is 16.6. The molecule has 1 aliphatic rings. The van der Waals surface area contributed by atoms with Gasteiger partial charge in [0.05, 0.1) is 33.0 Å². The number of hydrogen-bond donors (Lipinski definition) is 1. The van der Waals surface area contributed by atoms with Crippen molar-refractivity contribution in [2.75, 3.05) is 33.0 Å². The highest BCUT2D eigenvalue weighted by Crippen LogP contribution is 2.22. The van der Waals surface area contributed by atoms with E-state index in [9.17, 15) is 5.11 Å². The van der Waals surface area contributed by atoms with Crippen LogP contribution in [0.15, 0.2) is 12.7 Å². The molecule has 5 heteroatoms. The summed E-state index contributed by atoms with van der Waals surface area (Å²) in [6, 6.07) is 0. The number of ether oxygens (including phenoxy) is 4. The summed E-state index contributed by atoms with van der Waals surface area (Å²) in [5.41, 5.74) is 0. The van der Waals surface area contributed by atoms with Crippen molar-refractivity contribution in [2.24, 2.45) is 0 Å². The molecule has 0 spiro atoms. The molecule has 1 fully saturated rings. The molecule has 0 aromatic carbocycles. The predicted octanol–water partition coefficient (Wildman–Crippen LogP) is 3.80. The molecule has 1 aliphatic heterocycles. The normalized spacial score (nSPS) is 19.1. The zero-order chi connectivity index (χ0) is 18.7. The molecule has 5 nitrogen and oxygen atoms in total. The molecule has 1 saturated heterocycles. The van der Waals surface area contributed by atoms with Gasteiger partial charge >= 0.3 is 0 Å². The number of rotatable bonds is 8. The summed E-state index contributed by atoms with van der Waals surface area (Å²) < 4.78 is 21.4. The van der Waals surface area contributed by atoms with E-state index in [1.807, 2.05) is 55.4 Å². The second-order valence-corrected chi connectivity index (χ2v) is 4.47. The fraction of sp³-hybridized carbons (Fsp3) is 0.889. The van der Waals surface area contributed by atoms with Crippen LogP contribution in [-0.2, 0) is 18.9 Å². The Morgan fingerprint density at radius 3 is 2.09 bits per heavy atom. The van der Waals surface area contributed by atoms with Gasteiger partial charge in [0.2, 0.25) is 0 Å². The minimum absolute atomic E-state index is 0.0636. The van der Waals surface area contributed by atoms with Crippen molar-refractivity contribution in [1.29, 1.82) is 0 Å². The first-order valence-corrected chi connectivity index (χ1v) is 8.80. The molecular weight excluding hydrogens is 296 g/mol. The molecule has 0 bridgehead atoms. The summed E-state index contributed by atoms with van der Waals surface area (Å²) in [4.78, 5) is 0. The van der Waals surface area contributed by atoms with Crippen LogP contribution in [0.5, 0.6) is 0 Å². The van der Waals surface area contributed by atoms with Crippen molar-refractivity contribution < 1.29 is 24.1 Å². The minimum atomic E-state index is -0.620. The maximum atomic E-state index is 9.50. The summed E-state index contributed by atoms with van der Waals surface area (Å²) >= 11 is 0. The van der Waals surface area contributed by atoms with Gasteiger partial charge in [-0.2, -0.15) is 0 Å². The molecule has 1 N–H and O–H groups in total. The summed E-state index contributed by atoms with van der Waals surface area (Å²) in [5, 5.41) is 9.50. The lowest BCUT2D eigenvalue weighted by Gasteiger charge is -2.17. The number of aliphatic hydroxyl groups excluding tert-OH is 1. The Bertz CT molecular complexity index is 231. The van der Waals surface area contributed by atoms with Crippen LogP contribution < -0.4 is 0 Å². The van der Waals surface area contributed by atoms with Gasteiger partial charge in [-0.05, 0) is 13.8 Å². The fourth-order valence-corrected chi connectivity index (χ4v) is 1.52. The summed E-state index contributed by atoms with van der Waals surface area (Å²) in [6.45, 7) is 21.1. The lowest BCUT2D eigenvalue weighted by molar-refractivity contribution is -0.146. The van der Waals surface area contributed by atoms with Gasteiger partial charge in [-0.25, -0.2) is 0 Å². The van der Waals surface area contributed by atoms with Crippen LogP contribution >= 0.6 is 0 Å². The highest BCUT2D eigenvalue weighted by atomic mass is 16.7. The van der Waals surface area contributed by atoms with E-state index < -0.39 is 11.9 Å². The zero-order valence-electron chi connectivity index (χ0n) is 16.6. The largest absolute Gasteiger partial charge is 0.388 e. The van der Waals surface area contributed by atoms with E-state index in [0.717, 1.165) is 0 Å². The highest BCUT2D eigenvalue weighted by Gasteiger charge is 2.32. The third-order valence-electron chi connectivity index (χ3n) is 2.23. The number of aliphatic hydroxyl groups is 1. The molecular formula is C18H40O5. The SMILES string of the molecule is C=CCOCC(O)COCC1COC(C)(C)O1.CC.CC.CC. The quantitative estimate of drug-likeness (QED) is 0.540. The average molecular weight is 337 g/mol. The Labute approximate surface area is 144 Å². The van der Waals surface area contributed by atoms with Crippen molar-refractivity contribution in [2.45, 2.75) is 73.4 Å². The molecule has 0 radical (unpaired) electrons. The minimum Gasteiger partial charge on any atom is -0.388 e.